The standard InChI is InChI=1S/C29H22N2O3/c30-19-23-10-4-5-11-24(23)22-16-14-20(15-17-22)18-27(29(33)34)31-28(32)26-13-7-6-12-25(26)21-8-2-1-3-9-21/h1-17,27H,18H2,(H,31,32)(H,33,34). The monoisotopic (exact) mass is 446 g/mol. The molecule has 0 aliphatic rings. The minimum atomic E-state index is -1.11. The van der Waals surface area contributed by atoms with Crippen LogP contribution < -0.4 is 5.32 Å². The molecule has 0 saturated heterocycles. The average Bonchev–Trinajstić information content (AvgIpc) is 2.89. The first-order chi connectivity index (χ1) is 16.6. The van der Waals surface area contributed by atoms with Gasteiger partial charge in [0, 0.05) is 12.0 Å². The van der Waals surface area contributed by atoms with Gasteiger partial charge in [-0.05, 0) is 39.9 Å². The van der Waals surface area contributed by atoms with Crippen LogP contribution in [0.4, 0.5) is 0 Å². The normalized spacial score (nSPS) is 11.3. The third-order valence-corrected chi connectivity index (χ3v) is 5.61. The first kappa shape index (κ1) is 22.5. The molecule has 5 nitrogen and oxygen atoms in total. The van der Waals surface area contributed by atoms with Crippen molar-refractivity contribution in [3.8, 4) is 28.3 Å². The molecular formula is C29H22N2O3. The molecule has 0 spiro atoms. The Bertz CT molecular complexity index is 1360. The molecule has 4 aromatic rings. The van der Waals surface area contributed by atoms with Crippen LogP contribution in [0.25, 0.3) is 22.3 Å². The molecule has 0 aromatic heterocycles. The van der Waals surface area contributed by atoms with Crippen LogP contribution in [0.1, 0.15) is 21.5 Å². The molecule has 166 valence electrons. The Morgan fingerprint density at radius 2 is 1.35 bits per heavy atom. The summed E-state index contributed by atoms with van der Waals surface area (Å²) < 4.78 is 0. The van der Waals surface area contributed by atoms with Gasteiger partial charge >= 0.3 is 5.97 Å². The molecule has 1 unspecified atom stereocenters. The number of benzene rings is 4. The van der Waals surface area contributed by atoms with Gasteiger partial charge in [-0.1, -0.05) is 91.0 Å². The molecule has 0 saturated carbocycles. The van der Waals surface area contributed by atoms with Crippen LogP contribution in [0.5, 0.6) is 0 Å². The van der Waals surface area contributed by atoms with E-state index in [1.807, 2.05) is 84.9 Å². The van der Waals surface area contributed by atoms with Crippen molar-refractivity contribution in [3.05, 3.63) is 120 Å². The van der Waals surface area contributed by atoms with E-state index in [9.17, 15) is 20.0 Å². The highest BCUT2D eigenvalue weighted by Gasteiger charge is 2.23. The van der Waals surface area contributed by atoms with Gasteiger partial charge in [0.05, 0.1) is 11.6 Å². The minimum absolute atomic E-state index is 0.134. The fourth-order valence-electron chi connectivity index (χ4n) is 3.88. The number of carbonyl (C=O) groups is 2. The number of rotatable bonds is 7. The molecule has 0 aliphatic heterocycles. The minimum Gasteiger partial charge on any atom is -0.480 e. The third kappa shape index (κ3) is 5.03. The predicted octanol–water partition coefficient (Wildman–Crippen LogP) is 5.32. The van der Waals surface area contributed by atoms with Crippen LogP contribution in [-0.2, 0) is 11.2 Å². The first-order valence-corrected chi connectivity index (χ1v) is 10.8. The number of hydrogen-bond acceptors (Lipinski definition) is 3. The smallest absolute Gasteiger partial charge is 0.326 e. The van der Waals surface area contributed by atoms with Gasteiger partial charge < -0.3 is 10.4 Å². The van der Waals surface area contributed by atoms with E-state index in [0.29, 0.717) is 11.1 Å². The van der Waals surface area contributed by atoms with Crippen molar-refractivity contribution in [2.45, 2.75) is 12.5 Å². The molecule has 0 heterocycles. The van der Waals surface area contributed by atoms with E-state index in [0.717, 1.165) is 27.8 Å². The maximum absolute atomic E-state index is 13.0. The van der Waals surface area contributed by atoms with Gasteiger partial charge in [-0.3, -0.25) is 4.79 Å². The maximum atomic E-state index is 13.0. The Morgan fingerprint density at radius 1 is 0.765 bits per heavy atom. The summed E-state index contributed by atoms with van der Waals surface area (Å²) in [7, 11) is 0. The van der Waals surface area contributed by atoms with Crippen LogP contribution in [0, 0.1) is 11.3 Å². The SMILES string of the molecule is N#Cc1ccccc1-c1ccc(CC(NC(=O)c2ccccc2-c2ccccc2)C(=O)O)cc1. The molecule has 4 aromatic carbocycles. The lowest BCUT2D eigenvalue weighted by molar-refractivity contribution is -0.139. The Kier molecular flexibility index (Phi) is 6.81. The summed E-state index contributed by atoms with van der Waals surface area (Å²) in [5.41, 5.74) is 5.07. The molecule has 0 bridgehead atoms. The summed E-state index contributed by atoms with van der Waals surface area (Å²) in [6.45, 7) is 0. The quantitative estimate of drug-likeness (QED) is 0.402. The third-order valence-electron chi connectivity index (χ3n) is 5.61. The van der Waals surface area contributed by atoms with Crippen molar-refractivity contribution in [1.82, 2.24) is 5.32 Å². The van der Waals surface area contributed by atoms with Crippen LogP contribution in [0.3, 0.4) is 0 Å². The molecule has 0 radical (unpaired) electrons. The summed E-state index contributed by atoms with van der Waals surface area (Å²) in [6.07, 6.45) is 0.134. The van der Waals surface area contributed by atoms with E-state index in [1.54, 1.807) is 18.2 Å². The fraction of sp³-hybridized carbons (Fsp3) is 0.0690. The lowest BCUT2D eigenvalue weighted by Gasteiger charge is -2.17. The number of aliphatic carboxylic acids is 1. The molecule has 4 rings (SSSR count). The van der Waals surface area contributed by atoms with Gasteiger partial charge in [0.15, 0.2) is 0 Å². The van der Waals surface area contributed by atoms with Crippen molar-refractivity contribution in [2.24, 2.45) is 0 Å². The van der Waals surface area contributed by atoms with Crippen LogP contribution in [0.2, 0.25) is 0 Å². The molecular weight excluding hydrogens is 424 g/mol. The molecule has 2 N–H and O–H groups in total. The zero-order chi connectivity index (χ0) is 23.9. The number of carbonyl (C=O) groups excluding carboxylic acids is 1. The predicted molar refractivity (Wildman–Crippen MR) is 131 cm³/mol. The van der Waals surface area contributed by atoms with Crippen molar-refractivity contribution in [3.63, 3.8) is 0 Å². The molecule has 0 fully saturated rings. The second-order valence-corrected chi connectivity index (χ2v) is 7.83. The Balaban J connectivity index is 1.53. The molecule has 34 heavy (non-hydrogen) atoms. The van der Waals surface area contributed by atoms with Crippen molar-refractivity contribution in [1.29, 1.82) is 5.26 Å². The zero-order valence-corrected chi connectivity index (χ0v) is 18.3. The summed E-state index contributed by atoms with van der Waals surface area (Å²) in [4.78, 5) is 25.0. The highest BCUT2D eigenvalue weighted by Crippen LogP contribution is 2.25. The number of nitrogens with one attached hydrogen (secondary N) is 1. The first-order valence-electron chi connectivity index (χ1n) is 10.8. The second kappa shape index (κ2) is 10.3. The number of hydrogen-bond donors (Lipinski definition) is 2. The molecule has 0 aliphatic carbocycles. The van der Waals surface area contributed by atoms with E-state index in [-0.39, 0.29) is 6.42 Å². The molecule has 1 atom stereocenters. The largest absolute Gasteiger partial charge is 0.480 e. The lowest BCUT2D eigenvalue weighted by Crippen LogP contribution is -2.42. The Hall–Kier alpha value is -4.69. The topological polar surface area (TPSA) is 90.2 Å². The maximum Gasteiger partial charge on any atom is 0.326 e. The van der Waals surface area contributed by atoms with E-state index in [2.05, 4.69) is 11.4 Å². The fourth-order valence-corrected chi connectivity index (χ4v) is 3.88. The number of amides is 1. The van der Waals surface area contributed by atoms with Gasteiger partial charge in [0.25, 0.3) is 5.91 Å². The summed E-state index contributed by atoms with van der Waals surface area (Å²) in [5.74, 6) is -1.55. The molecule has 1 amide bonds. The van der Waals surface area contributed by atoms with Gasteiger partial charge in [0.2, 0.25) is 0 Å². The van der Waals surface area contributed by atoms with Gasteiger partial charge in [0.1, 0.15) is 6.04 Å². The van der Waals surface area contributed by atoms with Crippen LogP contribution in [0.15, 0.2) is 103 Å². The van der Waals surface area contributed by atoms with E-state index in [4.69, 9.17) is 0 Å². The average molecular weight is 447 g/mol. The van der Waals surface area contributed by atoms with Gasteiger partial charge in [-0.15, -0.1) is 0 Å². The highest BCUT2D eigenvalue weighted by atomic mass is 16.4. The summed E-state index contributed by atoms with van der Waals surface area (Å²) in [5, 5.41) is 21.8. The molecule has 5 heteroatoms. The van der Waals surface area contributed by atoms with Crippen molar-refractivity contribution < 1.29 is 14.7 Å². The highest BCUT2D eigenvalue weighted by molar-refractivity contribution is 6.02. The van der Waals surface area contributed by atoms with E-state index >= 15 is 0 Å². The van der Waals surface area contributed by atoms with Crippen LogP contribution >= 0.6 is 0 Å². The van der Waals surface area contributed by atoms with E-state index < -0.39 is 17.9 Å². The van der Waals surface area contributed by atoms with Gasteiger partial charge in [-0.25, -0.2) is 4.79 Å². The zero-order valence-electron chi connectivity index (χ0n) is 18.3. The number of nitriles is 1. The van der Waals surface area contributed by atoms with Crippen LogP contribution in [-0.4, -0.2) is 23.0 Å². The summed E-state index contributed by atoms with van der Waals surface area (Å²) >= 11 is 0. The van der Waals surface area contributed by atoms with E-state index in [1.165, 1.54) is 0 Å². The summed E-state index contributed by atoms with van der Waals surface area (Å²) in [6, 6.07) is 32.4. The number of nitrogens with zero attached hydrogens (tertiary/aromatic N) is 1. The lowest BCUT2D eigenvalue weighted by atomic mass is 9.97. The number of carboxylic acids is 1. The van der Waals surface area contributed by atoms with Gasteiger partial charge in [-0.2, -0.15) is 5.26 Å². The number of carboxylic acid groups (broad SMARTS) is 1. The Labute approximate surface area is 197 Å². The Morgan fingerprint density at radius 3 is 2.03 bits per heavy atom. The second-order valence-electron chi connectivity index (χ2n) is 7.83. The van der Waals surface area contributed by atoms with Crippen molar-refractivity contribution >= 4 is 11.9 Å². The van der Waals surface area contributed by atoms with Crippen molar-refractivity contribution in [2.75, 3.05) is 0 Å².